The first-order chi connectivity index (χ1) is 55.2. The number of fused-ring (bicyclic) bond motifs is 19. The predicted octanol–water partition coefficient (Wildman–Crippen LogP) is 32.9. The van der Waals surface area contributed by atoms with Gasteiger partial charge in [0, 0.05) is 117 Å². The highest BCUT2D eigenvalue weighted by Crippen LogP contribution is 2.48. The van der Waals surface area contributed by atoms with Crippen molar-refractivity contribution in [2.45, 2.75) is 0 Å². The molecule has 0 aliphatic rings. The summed E-state index contributed by atoms with van der Waals surface area (Å²) >= 11 is 14.6. The summed E-state index contributed by atoms with van der Waals surface area (Å²) in [6, 6.07) is 131. The molecule has 7 aromatic heterocycles. The summed E-state index contributed by atoms with van der Waals surface area (Å²) in [7, 11) is 0. The summed E-state index contributed by atoms with van der Waals surface area (Å²) < 4.78 is 31.1. The van der Waals surface area contributed by atoms with Crippen molar-refractivity contribution in [2.75, 3.05) is 16.0 Å². The third-order valence-corrected chi connectivity index (χ3v) is 26.1. The smallest absolute Gasteiger partial charge is 0.135 e. The molecule has 538 valence electrons. The molecule has 0 saturated heterocycles. The minimum absolute atomic E-state index is 0. The van der Waals surface area contributed by atoms with Crippen molar-refractivity contribution in [1.82, 2.24) is 0 Å². The highest BCUT2D eigenvalue weighted by molar-refractivity contribution is 9.10. The van der Waals surface area contributed by atoms with E-state index < -0.39 is 0 Å². The van der Waals surface area contributed by atoms with Crippen molar-refractivity contribution in [3.8, 4) is 33.4 Å². The maximum atomic E-state index is 6.05. The number of thiophene rings is 4. The lowest BCUT2D eigenvalue weighted by molar-refractivity contribution is 0.668. The molecule has 23 aromatic rings. The van der Waals surface area contributed by atoms with E-state index in [1.165, 1.54) is 103 Å². The molecule has 0 spiro atoms. The Morgan fingerprint density at radius 3 is 1.03 bits per heavy atom. The van der Waals surface area contributed by atoms with E-state index in [1.54, 1.807) is 0 Å². The molecule has 7 heterocycles. The first kappa shape index (κ1) is 70.1. The fraction of sp³-hybridized carbons (Fsp3) is 0. The van der Waals surface area contributed by atoms with Crippen LogP contribution in [-0.4, -0.2) is 0 Å². The monoisotopic (exact) mass is 1640 g/mol. The number of para-hydroxylation sites is 6. The topological polar surface area (TPSA) is 80.7 Å². The molecular formula is C100H67Br2N3O3S4. The molecule has 0 aliphatic carbocycles. The summed E-state index contributed by atoms with van der Waals surface area (Å²) in [5.74, 6) is 0. The Hall–Kier alpha value is -12.4. The molecule has 112 heavy (non-hydrogen) atoms. The van der Waals surface area contributed by atoms with Crippen molar-refractivity contribution in [1.29, 1.82) is 0 Å². The zero-order valence-corrected chi connectivity index (χ0v) is 66.4. The Morgan fingerprint density at radius 1 is 0.241 bits per heavy atom. The Labute approximate surface area is 679 Å². The van der Waals surface area contributed by atoms with E-state index in [0.29, 0.717) is 0 Å². The van der Waals surface area contributed by atoms with Crippen LogP contribution in [0.4, 0.5) is 34.1 Å². The van der Waals surface area contributed by atoms with Gasteiger partial charge in [0.05, 0.1) is 18.8 Å². The average Bonchev–Trinajstić information content (AvgIpc) is 1.60. The number of hydrogen-bond donors (Lipinski definition) is 2. The van der Waals surface area contributed by atoms with Crippen molar-refractivity contribution in [3.63, 3.8) is 0 Å². The van der Waals surface area contributed by atoms with Crippen LogP contribution in [0.1, 0.15) is 1.43 Å². The number of hydrogen-bond acceptors (Lipinski definition) is 10. The van der Waals surface area contributed by atoms with Crippen LogP contribution >= 0.6 is 77.2 Å². The second-order valence-electron chi connectivity index (χ2n) is 27.2. The summed E-state index contributed by atoms with van der Waals surface area (Å²) in [5, 5.41) is 15.8. The summed E-state index contributed by atoms with van der Waals surface area (Å²) in [6.07, 6.45) is 0. The maximum absolute atomic E-state index is 6.05. The molecule has 23 rings (SSSR count). The van der Waals surface area contributed by atoms with Gasteiger partial charge in [0.15, 0.2) is 0 Å². The molecule has 0 unspecified atom stereocenters. The lowest BCUT2D eigenvalue weighted by Gasteiger charge is -2.25. The Kier molecular flexibility index (Phi) is 19.3. The van der Waals surface area contributed by atoms with E-state index in [9.17, 15) is 0 Å². The molecule has 0 bridgehead atoms. The molecular weight excluding hydrogens is 1580 g/mol. The van der Waals surface area contributed by atoms with Gasteiger partial charge in [0.25, 0.3) is 0 Å². The highest BCUT2D eigenvalue weighted by atomic mass is 79.9. The third-order valence-electron chi connectivity index (χ3n) is 20.0. The van der Waals surface area contributed by atoms with Crippen LogP contribution in [0.2, 0.25) is 0 Å². The second kappa shape index (κ2) is 30.8. The SMILES string of the molecule is Brc1ccc(-c2ccc3oc4ccccc4c3c2)cc1.Brc1ccc2c(c1)sc1c3ccccc3sc21.Nc1ccccc1.[2HH].c1ccc(N(c2ccc(-c3ccc4oc5ccccc5c4c3)cc2)c2ccc3c(c2)sc2c4ccccc4sc32)cc1.c1ccc(Nc2ccc(-c3ccc4oc5ccccc5c4c3)cc2)cc1. The van der Waals surface area contributed by atoms with Crippen molar-refractivity contribution >= 4 is 236 Å². The number of furan rings is 3. The first-order valence-corrected chi connectivity index (χ1v) is 41.6. The first-order valence-electron chi connectivity index (χ1n) is 36.7. The number of benzene rings is 16. The molecule has 0 fully saturated rings. The van der Waals surface area contributed by atoms with E-state index in [0.717, 1.165) is 98.1 Å². The Morgan fingerprint density at radius 2 is 0.562 bits per heavy atom. The second-order valence-corrected chi connectivity index (χ2v) is 33.2. The van der Waals surface area contributed by atoms with Gasteiger partial charge in [-0.3, -0.25) is 0 Å². The van der Waals surface area contributed by atoms with Crippen molar-refractivity contribution in [3.05, 3.63) is 385 Å². The molecule has 6 nitrogen and oxygen atoms in total. The molecule has 0 aliphatic heterocycles. The molecule has 3 N–H and O–H groups in total. The maximum Gasteiger partial charge on any atom is 0.135 e. The predicted molar refractivity (Wildman–Crippen MR) is 493 cm³/mol. The molecule has 16 aromatic carbocycles. The fourth-order valence-electron chi connectivity index (χ4n) is 14.6. The van der Waals surface area contributed by atoms with Gasteiger partial charge in [-0.05, 0) is 197 Å². The summed E-state index contributed by atoms with van der Waals surface area (Å²) in [4.78, 5) is 2.35. The Balaban J connectivity index is 0.000000107. The number of nitrogens with one attached hydrogen (secondary N) is 1. The third kappa shape index (κ3) is 14.2. The van der Waals surface area contributed by atoms with Crippen molar-refractivity contribution in [2.24, 2.45) is 0 Å². The lowest BCUT2D eigenvalue weighted by atomic mass is 10.0. The van der Waals surface area contributed by atoms with Gasteiger partial charge in [0.2, 0.25) is 0 Å². The molecule has 0 saturated carbocycles. The summed E-state index contributed by atoms with van der Waals surface area (Å²) in [5.41, 5.74) is 24.5. The fourth-order valence-corrected chi connectivity index (χ4v) is 20.7. The van der Waals surface area contributed by atoms with Crippen LogP contribution in [0.5, 0.6) is 0 Å². The Bertz CT molecular complexity index is 7340. The quantitative estimate of drug-likeness (QED) is 0.148. The van der Waals surface area contributed by atoms with E-state index >= 15 is 0 Å². The van der Waals surface area contributed by atoms with E-state index in [4.69, 9.17) is 19.0 Å². The normalized spacial score (nSPS) is 11.3. The number of halogens is 2. The van der Waals surface area contributed by atoms with Gasteiger partial charge >= 0.3 is 0 Å². The van der Waals surface area contributed by atoms with Gasteiger partial charge in [-0.25, -0.2) is 0 Å². The van der Waals surface area contributed by atoms with E-state index in [-0.39, 0.29) is 1.43 Å². The lowest BCUT2D eigenvalue weighted by Crippen LogP contribution is -2.09. The van der Waals surface area contributed by atoms with Crippen LogP contribution in [0, 0.1) is 0 Å². The van der Waals surface area contributed by atoms with E-state index in [2.05, 4.69) is 315 Å². The molecule has 12 heteroatoms. The van der Waals surface area contributed by atoms with Gasteiger partial charge in [-0.1, -0.05) is 244 Å². The van der Waals surface area contributed by atoms with Gasteiger partial charge < -0.3 is 29.2 Å². The minimum atomic E-state index is 0. The zero-order chi connectivity index (χ0) is 75.0. The zero-order valence-electron chi connectivity index (χ0n) is 59.9. The molecule has 0 atom stereocenters. The van der Waals surface area contributed by atoms with Gasteiger partial charge in [-0.2, -0.15) is 0 Å². The highest BCUT2D eigenvalue weighted by Gasteiger charge is 2.19. The number of anilines is 6. The number of nitrogens with zero attached hydrogens (tertiary/aromatic N) is 1. The number of nitrogens with two attached hydrogens (primary N) is 1. The van der Waals surface area contributed by atoms with Gasteiger partial charge in [0.1, 0.15) is 33.5 Å². The number of rotatable bonds is 8. The largest absolute Gasteiger partial charge is 0.456 e. The van der Waals surface area contributed by atoms with Crippen LogP contribution in [-0.2, 0) is 0 Å². The minimum Gasteiger partial charge on any atom is -0.456 e. The van der Waals surface area contributed by atoms with Crippen LogP contribution in [0.15, 0.2) is 398 Å². The van der Waals surface area contributed by atoms with Crippen LogP contribution in [0.25, 0.3) is 158 Å². The average molecular weight is 1650 g/mol. The van der Waals surface area contributed by atoms with E-state index in [1.807, 2.05) is 148 Å². The molecule has 0 radical (unpaired) electrons. The number of nitrogen functional groups attached to an aromatic ring is 1. The van der Waals surface area contributed by atoms with Crippen molar-refractivity contribution < 1.29 is 14.7 Å². The summed E-state index contributed by atoms with van der Waals surface area (Å²) in [6.45, 7) is 0. The van der Waals surface area contributed by atoms with Crippen LogP contribution < -0.4 is 16.0 Å². The standard InChI is InChI=1S/C38H23NOS2.C24H17NO.C18H11BrO.C14H7BrS2.C6H7N.H2/c1-2-8-26(9-3-1)39(28-19-20-31-36(23-28)42-37-30-11-5-7-13-35(30)41-38(31)37)27-17-14-24(15-18-27)25-16-21-34-32(22-25)29-10-4-6-12-33(29)40-34;1-2-6-19(7-3-1)25-20-13-10-17(11-14-20)18-12-15-24-22(16-18)21-8-4-5-9-23(21)26-24;19-14-8-5-12(6-9-14)13-7-10-18-16(11-13)15-3-1-2-4-17(15)20-18;15-8-5-6-10-12(7-8)17-13-9-3-1-2-4-11(9)16-14(10)13;7-6-4-2-1-3-5-6;/h1-23H;1-16,25H;1-11H;1-7H;1-5H,7H2;1H/i;;;;;1+1. The van der Waals surface area contributed by atoms with Crippen LogP contribution in [0.3, 0.4) is 0 Å². The molecule has 0 amide bonds. The van der Waals surface area contributed by atoms with Gasteiger partial charge in [-0.15, -0.1) is 45.3 Å².